The first-order valence-electron chi connectivity index (χ1n) is 8.14. The van der Waals surface area contributed by atoms with Crippen LogP contribution in [0.2, 0.25) is 0 Å². The number of amides is 1. The standard InChI is InChI=1S/C20H22N2O2.ClH/c1-24-19-10-6-5-9-16(19)13-18(15-7-3-2-4-8-15)20(23)22-12-11-17(21)14-22;/h2-10,13,17H,11-12,14,21H2,1H3;1H/b18-13+;. The zero-order chi connectivity index (χ0) is 16.9. The van der Waals surface area contributed by atoms with Crippen LogP contribution in [0.5, 0.6) is 5.75 Å². The molecule has 1 saturated heterocycles. The van der Waals surface area contributed by atoms with Crippen molar-refractivity contribution in [1.29, 1.82) is 0 Å². The molecule has 0 aliphatic carbocycles. The van der Waals surface area contributed by atoms with Crippen LogP contribution in [-0.4, -0.2) is 37.0 Å². The molecular formula is C20H23ClN2O2. The van der Waals surface area contributed by atoms with Crippen molar-refractivity contribution in [1.82, 2.24) is 4.90 Å². The normalized spacial score (nSPS) is 17.1. The first-order chi connectivity index (χ1) is 11.7. The van der Waals surface area contributed by atoms with Crippen molar-refractivity contribution >= 4 is 30.0 Å². The number of hydrogen-bond donors (Lipinski definition) is 1. The van der Waals surface area contributed by atoms with E-state index in [2.05, 4.69) is 0 Å². The molecule has 1 amide bonds. The van der Waals surface area contributed by atoms with E-state index in [-0.39, 0.29) is 24.4 Å². The van der Waals surface area contributed by atoms with E-state index in [9.17, 15) is 4.79 Å². The van der Waals surface area contributed by atoms with Crippen LogP contribution >= 0.6 is 12.4 Å². The molecule has 1 atom stereocenters. The van der Waals surface area contributed by atoms with Gasteiger partial charge in [0.25, 0.3) is 5.91 Å². The Balaban J connectivity index is 0.00000225. The van der Waals surface area contributed by atoms with E-state index in [0.29, 0.717) is 18.7 Å². The number of carbonyl (C=O) groups is 1. The Morgan fingerprint density at radius 2 is 1.84 bits per heavy atom. The third-order valence-electron chi connectivity index (χ3n) is 4.27. The lowest BCUT2D eigenvalue weighted by Gasteiger charge is -2.18. The van der Waals surface area contributed by atoms with E-state index in [0.717, 1.165) is 23.3 Å². The summed E-state index contributed by atoms with van der Waals surface area (Å²) in [5.74, 6) is 0.761. The zero-order valence-electron chi connectivity index (χ0n) is 14.2. The van der Waals surface area contributed by atoms with Crippen LogP contribution in [0.15, 0.2) is 54.6 Å². The third kappa shape index (κ3) is 4.41. The quantitative estimate of drug-likeness (QED) is 0.674. The predicted molar refractivity (Wildman–Crippen MR) is 104 cm³/mol. The van der Waals surface area contributed by atoms with Gasteiger partial charge in [-0.2, -0.15) is 0 Å². The maximum absolute atomic E-state index is 13.1. The Bertz CT molecular complexity index is 746. The minimum atomic E-state index is 0. The second kappa shape index (κ2) is 8.70. The van der Waals surface area contributed by atoms with E-state index in [4.69, 9.17) is 10.5 Å². The van der Waals surface area contributed by atoms with Gasteiger partial charge in [0.15, 0.2) is 0 Å². The molecule has 1 aliphatic heterocycles. The Morgan fingerprint density at radius 3 is 2.48 bits per heavy atom. The van der Waals surface area contributed by atoms with Crippen molar-refractivity contribution in [3.05, 3.63) is 65.7 Å². The second-order valence-electron chi connectivity index (χ2n) is 5.97. The summed E-state index contributed by atoms with van der Waals surface area (Å²) in [6.07, 6.45) is 2.75. The maximum Gasteiger partial charge on any atom is 0.254 e. The monoisotopic (exact) mass is 358 g/mol. The zero-order valence-corrected chi connectivity index (χ0v) is 15.0. The fourth-order valence-corrected chi connectivity index (χ4v) is 2.97. The first-order valence-corrected chi connectivity index (χ1v) is 8.14. The SMILES string of the molecule is COc1ccccc1/C=C(/C(=O)N1CCC(N)C1)c1ccccc1.Cl. The van der Waals surface area contributed by atoms with Crippen LogP contribution in [0.25, 0.3) is 11.6 Å². The van der Waals surface area contributed by atoms with Crippen LogP contribution in [0.3, 0.4) is 0 Å². The Morgan fingerprint density at radius 1 is 1.16 bits per heavy atom. The molecule has 0 bridgehead atoms. The van der Waals surface area contributed by atoms with E-state index in [1.165, 1.54) is 0 Å². The van der Waals surface area contributed by atoms with Crippen molar-refractivity contribution in [2.75, 3.05) is 20.2 Å². The summed E-state index contributed by atoms with van der Waals surface area (Å²) in [5, 5.41) is 0. The van der Waals surface area contributed by atoms with Gasteiger partial charge in [-0.05, 0) is 24.1 Å². The van der Waals surface area contributed by atoms with Gasteiger partial charge < -0.3 is 15.4 Å². The average molecular weight is 359 g/mol. The molecule has 5 heteroatoms. The number of carbonyl (C=O) groups excluding carboxylic acids is 1. The molecule has 2 aromatic carbocycles. The highest BCUT2D eigenvalue weighted by molar-refractivity contribution is 6.24. The minimum absolute atomic E-state index is 0. The highest BCUT2D eigenvalue weighted by Gasteiger charge is 2.26. The number of ether oxygens (including phenoxy) is 1. The third-order valence-corrected chi connectivity index (χ3v) is 4.27. The fourth-order valence-electron chi connectivity index (χ4n) is 2.97. The summed E-state index contributed by atoms with van der Waals surface area (Å²) in [5.41, 5.74) is 8.41. The number of nitrogens with two attached hydrogens (primary N) is 1. The molecular weight excluding hydrogens is 336 g/mol. The average Bonchev–Trinajstić information content (AvgIpc) is 3.06. The number of halogens is 1. The number of nitrogens with zero attached hydrogens (tertiary/aromatic N) is 1. The summed E-state index contributed by atoms with van der Waals surface area (Å²) in [4.78, 5) is 14.9. The second-order valence-corrected chi connectivity index (χ2v) is 5.97. The fraction of sp³-hybridized carbons (Fsp3) is 0.250. The number of benzene rings is 2. The number of para-hydroxylation sites is 1. The molecule has 0 saturated carbocycles. The molecule has 3 rings (SSSR count). The lowest BCUT2D eigenvalue weighted by atomic mass is 10.0. The number of likely N-dealkylation sites (tertiary alicyclic amines) is 1. The van der Waals surface area contributed by atoms with Crippen LogP contribution < -0.4 is 10.5 Å². The van der Waals surface area contributed by atoms with Crippen LogP contribution in [0.4, 0.5) is 0 Å². The van der Waals surface area contributed by atoms with Gasteiger partial charge in [-0.1, -0.05) is 48.5 Å². The molecule has 2 aromatic rings. The topological polar surface area (TPSA) is 55.6 Å². The summed E-state index contributed by atoms with van der Waals surface area (Å²) < 4.78 is 5.41. The highest BCUT2D eigenvalue weighted by Crippen LogP contribution is 2.27. The van der Waals surface area contributed by atoms with Crippen LogP contribution in [0, 0.1) is 0 Å². The van der Waals surface area contributed by atoms with Crippen LogP contribution in [-0.2, 0) is 4.79 Å². The molecule has 0 aromatic heterocycles. The molecule has 1 unspecified atom stereocenters. The molecule has 1 heterocycles. The number of methoxy groups -OCH3 is 1. The van der Waals surface area contributed by atoms with Gasteiger partial charge in [-0.3, -0.25) is 4.79 Å². The summed E-state index contributed by atoms with van der Waals surface area (Å²) in [6, 6.07) is 17.5. The molecule has 132 valence electrons. The minimum Gasteiger partial charge on any atom is -0.496 e. The van der Waals surface area contributed by atoms with Crippen molar-refractivity contribution in [2.24, 2.45) is 5.73 Å². The first kappa shape index (κ1) is 19.0. The van der Waals surface area contributed by atoms with Crippen molar-refractivity contribution < 1.29 is 9.53 Å². The smallest absolute Gasteiger partial charge is 0.254 e. The van der Waals surface area contributed by atoms with Crippen molar-refractivity contribution in [2.45, 2.75) is 12.5 Å². The lowest BCUT2D eigenvalue weighted by Crippen LogP contribution is -2.32. The lowest BCUT2D eigenvalue weighted by molar-refractivity contribution is -0.124. The molecule has 25 heavy (non-hydrogen) atoms. The number of hydrogen-bond acceptors (Lipinski definition) is 3. The maximum atomic E-state index is 13.1. The van der Waals surface area contributed by atoms with Gasteiger partial charge in [0.05, 0.1) is 7.11 Å². The van der Waals surface area contributed by atoms with E-state index in [1.54, 1.807) is 7.11 Å². The van der Waals surface area contributed by atoms with Crippen LogP contribution in [0.1, 0.15) is 17.5 Å². The van der Waals surface area contributed by atoms with Gasteiger partial charge in [-0.25, -0.2) is 0 Å². The molecule has 1 fully saturated rings. The Hall–Kier alpha value is -2.30. The Labute approximate surface area is 154 Å². The van der Waals surface area contributed by atoms with E-state index < -0.39 is 0 Å². The van der Waals surface area contributed by atoms with Gasteiger partial charge >= 0.3 is 0 Å². The molecule has 4 nitrogen and oxygen atoms in total. The van der Waals surface area contributed by atoms with E-state index >= 15 is 0 Å². The Kier molecular flexibility index (Phi) is 6.62. The molecule has 2 N–H and O–H groups in total. The molecule has 0 radical (unpaired) electrons. The van der Waals surface area contributed by atoms with Crippen molar-refractivity contribution in [3.63, 3.8) is 0 Å². The van der Waals surface area contributed by atoms with E-state index in [1.807, 2.05) is 65.6 Å². The van der Waals surface area contributed by atoms with Gasteiger partial charge in [0.2, 0.25) is 0 Å². The van der Waals surface area contributed by atoms with Gasteiger partial charge in [0, 0.05) is 30.3 Å². The highest BCUT2D eigenvalue weighted by atomic mass is 35.5. The summed E-state index contributed by atoms with van der Waals surface area (Å²) in [7, 11) is 1.64. The number of rotatable bonds is 4. The largest absolute Gasteiger partial charge is 0.496 e. The summed E-state index contributed by atoms with van der Waals surface area (Å²) >= 11 is 0. The van der Waals surface area contributed by atoms with Crippen molar-refractivity contribution in [3.8, 4) is 5.75 Å². The van der Waals surface area contributed by atoms with Gasteiger partial charge in [0.1, 0.15) is 5.75 Å². The van der Waals surface area contributed by atoms with Gasteiger partial charge in [-0.15, -0.1) is 12.4 Å². The summed E-state index contributed by atoms with van der Waals surface area (Å²) in [6.45, 7) is 1.31. The molecule has 1 aliphatic rings. The molecule has 0 spiro atoms. The predicted octanol–water partition coefficient (Wildman–Crippen LogP) is 3.22.